The van der Waals surface area contributed by atoms with Gasteiger partial charge in [0.1, 0.15) is 5.82 Å². The van der Waals surface area contributed by atoms with E-state index in [0.717, 1.165) is 22.8 Å². The van der Waals surface area contributed by atoms with Gasteiger partial charge in [0.15, 0.2) is 0 Å². The highest BCUT2D eigenvalue weighted by atomic mass is 15.1. The van der Waals surface area contributed by atoms with E-state index in [0.29, 0.717) is 5.92 Å². The lowest BCUT2D eigenvalue weighted by atomic mass is 9.87. The van der Waals surface area contributed by atoms with E-state index in [9.17, 15) is 0 Å². The predicted octanol–water partition coefficient (Wildman–Crippen LogP) is 3.62. The van der Waals surface area contributed by atoms with Gasteiger partial charge in [-0.2, -0.15) is 0 Å². The molecule has 0 saturated heterocycles. The molecule has 0 aromatic rings. The van der Waals surface area contributed by atoms with Crippen LogP contribution < -0.4 is 10.6 Å². The number of hydrogen-bond donors (Lipinski definition) is 2. The average molecular weight is 242 g/mol. The van der Waals surface area contributed by atoms with E-state index in [-0.39, 0.29) is 5.92 Å². The molecule has 1 aliphatic heterocycles. The Balaban J connectivity index is 2.72. The lowest BCUT2D eigenvalue weighted by molar-refractivity contribution is 0.529. The van der Waals surface area contributed by atoms with Gasteiger partial charge >= 0.3 is 0 Å². The Morgan fingerprint density at radius 1 is 1.44 bits per heavy atom. The zero-order valence-electron chi connectivity index (χ0n) is 11.3. The molecule has 0 fully saturated rings. The van der Waals surface area contributed by atoms with Crippen molar-refractivity contribution in [1.82, 2.24) is 10.6 Å². The molecule has 0 spiro atoms. The molecule has 0 radical (unpaired) electrons. The standard InChI is InChI=1S/C16H22N2/c1-7-15(13(5)11(2)3)14(6)18-16-10-8-9-12(4)17-16/h7-10,13,15,17-18H,1-2,4,6H2,3,5H3. The molecule has 0 aliphatic carbocycles. The van der Waals surface area contributed by atoms with Crippen molar-refractivity contribution in [2.75, 3.05) is 0 Å². The number of nitrogens with one attached hydrogen (secondary N) is 2. The summed E-state index contributed by atoms with van der Waals surface area (Å²) in [7, 11) is 0. The molecule has 1 heterocycles. The maximum Gasteiger partial charge on any atom is 0.107 e. The number of dihydropyridines is 1. The summed E-state index contributed by atoms with van der Waals surface area (Å²) < 4.78 is 0. The molecular weight excluding hydrogens is 220 g/mol. The molecule has 2 atom stereocenters. The van der Waals surface area contributed by atoms with Crippen molar-refractivity contribution >= 4 is 0 Å². The van der Waals surface area contributed by atoms with Crippen molar-refractivity contribution in [2.24, 2.45) is 11.8 Å². The Labute approximate surface area is 110 Å². The van der Waals surface area contributed by atoms with Gasteiger partial charge in [0.05, 0.1) is 0 Å². The Kier molecular flexibility index (Phi) is 4.78. The molecule has 18 heavy (non-hydrogen) atoms. The van der Waals surface area contributed by atoms with Crippen molar-refractivity contribution in [3.63, 3.8) is 0 Å². The molecule has 0 saturated carbocycles. The summed E-state index contributed by atoms with van der Waals surface area (Å²) in [5, 5.41) is 6.41. The van der Waals surface area contributed by atoms with Gasteiger partial charge < -0.3 is 10.6 Å². The van der Waals surface area contributed by atoms with Crippen LogP contribution in [-0.4, -0.2) is 0 Å². The van der Waals surface area contributed by atoms with Crippen LogP contribution in [-0.2, 0) is 0 Å². The van der Waals surface area contributed by atoms with Crippen molar-refractivity contribution < 1.29 is 0 Å². The lowest BCUT2D eigenvalue weighted by Crippen LogP contribution is -2.30. The second-order valence-electron chi connectivity index (χ2n) is 4.64. The van der Waals surface area contributed by atoms with E-state index in [1.165, 1.54) is 0 Å². The highest BCUT2D eigenvalue weighted by molar-refractivity contribution is 5.31. The Hall–Kier alpha value is -1.96. The van der Waals surface area contributed by atoms with Crippen molar-refractivity contribution in [3.05, 3.63) is 73.4 Å². The average Bonchev–Trinajstić information content (AvgIpc) is 2.29. The molecule has 96 valence electrons. The Bertz CT molecular complexity index is 438. The third-order valence-corrected chi connectivity index (χ3v) is 3.12. The van der Waals surface area contributed by atoms with Crippen LogP contribution in [0, 0.1) is 11.8 Å². The summed E-state index contributed by atoms with van der Waals surface area (Å²) in [6, 6.07) is 0. The quantitative estimate of drug-likeness (QED) is 0.695. The number of rotatable bonds is 6. The molecule has 1 aliphatic rings. The van der Waals surface area contributed by atoms with E-state index in [1.54, 1.807) is 0 Å². The minimum atomic E-state index is 0.157. The van der Waals surface area contributed by atoms with Crippen LogP contribution in [0.3, 0.4) is 0 Å². The molecule has 0 bridgehead atoms. The monoisotopic (exact) mass is 242 g/mol. The summed E-state index contributed by atoms with van der Waals surface area (Å²) in [5.74, 6) is 1.35. The fourth-order valence-electron chi connectivity index (χ4n) is 1.80. The zero-order chi connectivity index (χ0) is 13.7. The smallest absolute Gasteiger partial charge is 0.107 e. The van der Waals surface area contributed by atoms with Crippen LogP contribution in [0.2, 0.25) is 0 Å². The first-order valence-electron chi connectivity index (χ1n) is 6.03. The largest absolute Gasteiger partial charge is 0.345 e. The molecule has 2 unspecified atom stereocenters. The number of allylic oxidation sites excluding steroid dienone is 5. The fourth-order valence-corrected chi connectivity index (χ4v) is 1.80. The topological polar surface area (TPSA) is 24.1 Å². The zero-order valence-corrected chi connectivity index (χ0v) is 11.3. The molecular formula is C16H22N2. The van der Waals surface area contributed by atoms with E-state index in [2.05, 4.69) is 43.9 Å². The first-order chi connectivity index (χ1) is 8.45. The minimum Gasteiger partial charge on any atom is -0.345 e. The van der Waals surface area contributed by atoms with E-state index in [1.807, 2.05) is 31.2 Å². The van der Waals surface area contributed by atoms with Gasteiger partial charge in [0, 0.05) is 17.3 Å². The summed E-state index contributed by atoms with van der Waals surface area (Å²) in [6.07, 6.45) is 7.71. The molecule has 0 aromatic heterocycles. The predicted molar refractivity (Wildman–Crippen MR) is 79.4 cm³/mol. The van der Waals surface area contributed by atoms with E-state index >= 15 is 0 Å². The number of hydrogen-bond acceptors (Lipinski definition) is 2. The molecule has 1 rings (SSSR count). The van der Waals surface area contributed by atoms with Crippen LogP contribution in [0.15, 0.2) is 73.4 Å². The first kappa shape index (κ1) is 14.1. The van der Waals surface area contributed by atoms with Crippen molar-refractivity contribution in [2.45, 2.75) is 13.8 Å². The van der Waals surface area contributed by atoms with Gasteiger partial charge in [-0.05, 0) is 25.0 Å². The summed E-state index contributed by atoms with van der Waals surface area (Å²) in [6.45, 7) is 20.0. The molecule has 0 amide bonds. The van der Waals surface area contributed by atoms with Gasteiger partial charge in [-0.1, -0.05) is 44.4 Å². The van der Waals surface area contributed by atoms with Crippen molar-refractivity contribution in [3.8, 4) is 0 Å². The molecule has 2 N–H and O–H groups in total. The van der Waals surface area contributed by atoms with Crippen LogP contribution in [0.1, 0.15) is 13.8 Å². The molecule has 2 heteroatoms. The van der Waals surface area contributed by atoms with Crippen LogP contribution >= 0.6 is 0 Å². The second kappa shape index (κ2) is 6.10. The first-order valence-corrected chi connectivity index (χ1v) is 6.03. The normalized spacial score (nSPS) is 17.2. The maximum absolute atomic E-state index is 4.09. The minimum absolute atomic E-state index is 0.157. The fraction of sp³-hybridized carbons (Fsp3) is 0.250. The van der Waals surface area contributed by atoms with Crippen LogP contribution in [0.25, 0.3) is 0 Å². The van der Waals surface area contributed by atoms with E-state index in [4.69, 9.17) is 0 Å². The third-order valence-electron chi connectivity index (χ3n) is 3.12. The second-order valence-corrected chi connectivity index (χ2v) is 4.64. The van der Waals surface area contributed by atoms with Gasteiger partial charge in [-0.25, -0.2) is 0 Å². The van der Waals surface area contributed by atoms with Gasteiger partial charge in [-0.3, -0.25) is 0 Å². The highest BCUT2D eigenvalue weighted by Crippen LogP contribution is 2.25. The molecule has 2 nitrogen and oxygen atoms in total. The highest BCUT2D eigenvalue weighted by Gasteiger charge is 2.18. The third kappa shape index (κ3) is 3.52. The summed E-state index contributed by atoms with van der Waals surface area (Å²) in [5.41, 5.74) is 2.89. The summed E-state index contributed by atoms with van der Waals surface area (Å²) >= 11 is 0. The van der Waals surface area contributed by atoms with Crippen molar-refractivity contribution in [1.29, 1.82) is 0 Å². The van der Waals surface area contributed by atoms with Gasteiger partial charge in [0.25, 0.3) is 0 Å². The van der Waals surface area contributed by atoms with Gasteiger partial charge in [-0.15, -0.1) is 6.58 Å². The molecule has 0 aromatic carbocycles. The van der Waals surface area contributed by atoms with Crippen LogP contribution in [0.4, 0.5) is 0 Å². The van der Waals surface area contributed by atoms with Crippen LogP contribution in [0.5, 0.6) is 0 Å². The lowest BCUT2D eigenvalue weighted by Gasteiger charge is -2.26. The Morgan fingerprint density at radius 3 is 2.61 bits per heavy atom. The summed E-state index contributed by atoms with van der Waals surface area (Å²) in [4.78, 5) is 0. The SMILES string of the molecule is C=CC(C(=C)NC1=CC=CC(=C)N1)C(C)C(=C)C. The Morgan fingerprint density at radius 2 is 2.11 bits per heavy atom. The maximum atomic E-state index is 4.09. The van der Waals surface area contributed by atoms with E-state index < -0.39 is 0 Å². The van der Waals surface area contributed by atoms with Gasteiger partial charge in [0.2, 0.25) is 0 Å².